The van der Waals surface area contributed by atoms with Crippen molar-refractivity contribution in [1.29, 1.82) is 0 Å². The van der Waals surface area contributed by atoms with Crippen LogP contribution in [-0.4, -0.2) is 48.0 Å². The zero-order valence-corrected chi connectivity index (χ0v) is 13.1. The number of nitrogens with zero attached hydrogens (tertiary/aromatic N) is 1. The van der Waals surface area contributed by atoms with Gasteiger partial charge in [-0.25, -0.2) is 0 Å². The van der Waals surface area contributed by atoms with E-state index in [4.69, 9.17) is 9.47 Å². The van der Waals surface area contributed by atoms with E-state index in [1.807, 2.05) is 29.2 Å². The number of rotatable bonds is 1. The number of carbonyl (C=O) groups excluding carboxylic acids is 2. The van der Waals surface area contributed by atoms with Crippen LogP contribution in [0.2, 0.25) is 0 Å². The molecule has 4 rings (SSSR count). The Kier molecular flexibility index (Phi) is 3.60. The molecule has 3 aliphatic heterocycles. The number of para-hydroxylation sites is 1. The van der Waals surface area contributed by atoms with Crippen LogP contribution in [0.1, 0.15) is 42.5 Å². The van der Waals surface area contributed by atoms with Crippen molar-refractivity contribution in [2.45, 2.75) is 43.8 Å². The first-order valence-electron chi connectivity index (χ1n) is 8.39. The van der Waals surface area contributed by atoms with E-state index in [1.54, 1.807) is 0 Å². The molecule has 1 spiro atoms. The normalized spacial score (nSPS) is 26.0. The molecular formula is C18H21NO4. The number of amides is 1. The van der Waals surface area contributed by atoms with Gasteiger partial charge in [0.2, 0.25) is 0 Å². The third-order valence-electron chi connectivity index (χ3n) is 5.19. The van der Waals surface area contributed by atoms with Gasteiger partial charge >= 0.3 is 0 Å². The lowest BCUT2D eigenvalue weighted by atomic mass is 9.82. The number of hydrogen-bond acceptors (Lipinski definition) is 4. The molecule has 1 aromatic carbocycles. The lowest BCUT2D eigenvalue weighted by molar-refractivity contribution is -0.144. The number of ether oxygens (including phenoxy) is 2. The largest absolute Gasteiger partial charge is 0.486 e. The SMILES string of the molecule is O=C1CC2(CCN(C(=O)C3CCCO3)CC2)Oc2ccccc21. The predicted octanol–water partition coefficient (Wildman–Crippen LogP) is 2.19. The Morgan fingerprint density at radius 2 is 2.00 bits per heavy atom. The summed E-state index contributed by atoms with van der Waals surface area (Å²) < 4.78 is 11.7. The van der Waals surface area contributed by atoms with Gasteiger partial charge in [-0.2, -0.15) is 0 Å². The minimum atomic E-state index is -0.446. The van der Waals surface area contributed by atoms with Gasteiger partial charge in [-0.05, 0) is 25.0 Å². The van der Waals surface area contributed by atoms with Gasteiger partial charge in [-0.1, -0.05) is 12.1 Å². The van der Waals surface area contributed by atoms with E-state index in [9.17, 15) is 9.59 Å². The molecule has 5 heteroatoms. The Bertz CT molecular complexity index is 628. The standard InChI is InChI=1S/C18H21NO4/c20-14-12-18(23-15-5-2-1-4-13(14)15)7-9-19(10-8-18)17(21)16-6-3-11-22-16/h1-2,4-5,16H,3,6-12H2. The highest BCUT2D eigenvalue weighted by molar-refractivity contribution is 6.00. The second kappa shape index (κ2) is 5.64. The molecule has 1 amide bonds. The molecular weight excluding hydrogens is 294 g/mol. The van der Waals surface area contributed by atoms with Crippen LogP contribution in [0.4, 0.5) is 0 Å². The Morgan fingerprint density at radius 3 is 2.74 bits per heavy atom. The molecule has 1 unspecified atom stereocenters. The summed E-state index contributed by atoms with van der Waals surface area (Å²) in [6.07, 6.45) is 3.33. The van der Waals surface area contributed by atoms with Gasteiger partial charge in [0, 0.05) is 32.5 Å². The fourth-order valence-electron chi connectivity index (χ4n) is 3.83. The second-order valence-electron chi connectivity index (χ2n) is 6.71. The average molecular weight is 315 g/mol. The molecule has 0 aromatic heterocycles. The average Bonchev–Trinajstić information content (AvgIpc) is 3.09. The van der Waals surface area contributed by atoms with E-state index < -0.39 is 5.60 Å². The second-order valence-corrected chi connectivity index (χ2v) is 6.71. The van der Waals surface area contributed by atoms with E-state index in [-0.39, 0.29) is 17.8 Å². The summed E-state index contributed by atoms with van der Waals surface area (Å²) in [4.78, 5) is 26.7. The zero-order valence-electron chi connectivity index (χ0n) is 13.1. The molecule has 0 bridgehead atoms. The van der Waals surface area contributed by atoms with Crippen molar-refractivity contribution >= 4 is 11.7 Å². The molecule has 122 valence electrons. The zero-order chi connectivity index (χ0) is 15.9. The molecule has 1 aromatic rings. The lowest BCUT2D eigenvalue weighted by Gasteiger charge is -2.44. The minimum absolute atomic E-state index is 0.0971. The van der Waals surface area contributed by atoms with Crippen LogP contribution in [0.25, 0.3) is 0 Å². The molecule has 1 atom stereocenters. The third kappa shape index (κ3) is 2.63. The maximum atomic E-state index is 12.4. The minimum Gasteiger partial charge on any atom is -0.486 e. The topological polar surface area (TPSA) is 55.8 Å². The molecule has 3 aliphatic rings. The van der Waals surface area contributed by atoms with Crippen LogP contribution in [-0.2, 0) is 9.53 Å². The maximum absolute atomic E-state index is 12.4. The van der Waals surface area contributed by atoms with Crippen LogP contribution >= 0.6 is 0 Å². The monoisotopic (exact) mass is 315 g/mol. The summed E-state index contributed by atoms with van der Waals surface area (Å²) >= 11 is 0. The number of piperidine rings is 1. The van der Waals surface area contributed by atoms with Crippen LogP contribution < -0.4 is 4.74 Å². The molecule has 0 aliphatic carbocycles. The molecule has 2 saturated heterocycles. The van der Waals surface area contributed by atoms with Gasteiger partial charge in [-0.15, -0.1) is 0 Å². The highest BCUT2D eigenvalue weighted by Gasteiger charge is 2.44. The van der Waals surface area contributed by atoms with Gasteiger partial charge in [0.05, 0.1) is 12.0 Å². The number of likely N-dealkylation sites (tertiary alicyclic amines) is 1. The smallest absolute Gasteiger partial charge is 0.251 e. The summed E-state index contributed by atoms with van der Waals surface area (Å²) in [6.45, 7) is 1.95. The summed E-state index contributed by atoms with van der Waals surface area (Å²) in [5.74, 6) is 0.924. The highest BCUT2D eigenvalue weighted by Crippen LogP contribution is 2.39. The van der Waals surface area contributed by atoms with Crippen LogP contribution in [0.5, 0.6) is 5.75 Å². The fraction of sp³-hybridized carbons (Fsp3) is 0.556. The first-order valence-corrected chi connectivity index (χ1v) is 8.39. The molecule has 3 heterocycles. The molecule has 0 radical (unpaired) electrons. The van der Waals surface area contributed by atoms with Crippen LogP contribution in [0.3, 0.4) is 0 Å². The van der Waals surface area contributed by atoms with E-state index in [0.29, 0.717) is 50.3 Å². The predicted molar refractivity (Wildman–Crippen MR) is 83.5 cm³/mol. The van der Waals surface area contributed by atoms with Gasteiger partial charge in [0.1, 0.15) is 17.5 Å². The number of Topliss-reactive ketones (excluding diaryl/α,β-unsaturated/α-hetero) is 1. The van der Waals surface area contributed by atoms with Gasteiger partial charge in [0.15, 0.2) is 5.78 Å². The van der Waals surface area contributed by atoms with E-state index in [0.717, 1.165) is 12.8 Å². The van der Waals surface area contributed by atoms with Gasteiger partial charge < -0.3 is 14.4 Å². The number of fused-ring (bicyclic) bond motifs is 1. The van der Waals surface area contributed by atoms with Crippen molar-refractivity contribution in [3.8, 4) is 5.75 Å². The number of carbonyl (C=O) groups is 2. The van der Waals surface area contributed by atoms with E-state index in [1.165, 1.54) is 0 Å². The molecule has 23 heavy (non-hydrogen) atoms. The first kappa shape index (κ1) is 14.7. The molecule has 5 nitrogen and oxygen atoms in total. The molecule has 0 saturated carbocycles. The van der Waals surface area contributed by atoms with Crippen molar-refractivity contribution in [3.05, 3.63) is 29.8 Å². The van der Waals surface area contributed by atoms with Crippen LogP contribution in [0.15, 0.2) is 24.3 Å². The lowest BCUT2D eigenvalue weighted by Crippen LogP contribution is -2.53. The summed E-state index contributed by atoms with van der Waals surface area (Å²) in [5.41, 5.74) is 0.231. The first-order chi connectivity index (χ1) is 11.2. The quantitative estimate of drug-likeness (QED) is 0.797. The Hall–Kier alpha value is -1.88. The Labute approximate surface area is 135 Å². The van der Waals surface area contributed by atoms with Crippen LogP contribution in [0, 0.1) is 0 Å². The number of ketones is 1. The summed E-state index contributed by atoms with van der Waals surface area (Å²) in [5, 5.41) is 0. The van der Waals surface area contributed by atoms with E-state index >= 15 is 0 Å². The highest BCUT2D eigenvalue weighted by atomic mass is 16.5. The van der Waals surface area contributed by atoms with Crippen molar-refractivity contribution in [1.82, 2.24) is 4.90 Å². The number of hydrogen-bond donors (Lipinski definition) is 0. The van der Waals surface area contributed by atoms with Gasteiger partial charge in [-0.3, -0.25) is 9.59 Å². The fourth-order valence-corrected chi connectivity index (χ4v) is 3.83. The maximum Gasteiger partial charge on any atom is 0.251 e. The van der Waals surface area contributed by atoms with Crippen molar-refractivity contribution in [3.63, 3.8) is 0 Å². The van der Waals surface area contributed by atoms with E-state index in [2.05, 4.69) is 0 Å². The van der Waals surface area contributed by atoms with Crippen molar-refractivity contribution in [2.24, 2.45) is 0 Å². The molecule has 0 N–H and O–H groups in total. The van der Waals surface area contributed by atoms with Crippen molar-refractivity contribution < 1.29 is 19.1 Å². The number of benzene rings is 1. The molecule has 2 fully saturated rings. The third-order valence-corrected chi connectivity index (χ3v) is 5.19. The summed E-state index contributed by atoms with van der Waals surface area (Å²) in [7, 11) is 0. The summed E-state index contributed by atoms with van der Waals surface area (Å²) in [6, 6.07) is 7.43. The Balaban J connectivity index is 1.45. The van der Waals surface area contributed by atoms with Crippen molar-refractivity contribution in [2.75, 3.05) is 19.7 Å². The van der Waals surface area contributed by atoms with Gasteiger partial charge in [0.25, 0.3) is 5.91 Å². The Morgan fingerprint density at radius 1 is 1.22 bits per heavy atom.